The number of rotatable bonds is 1. The summed E-state index contributed by atoms with van der Waals surface area (Å²) in [4.78, 5) is 0. The molecule has 1 unspecified atom stereocenters. The molecule has 1 heterocycles. The van der Waals surface area contributed by atoms with Gasteiger partial charge in [-0.05, 0) is 36.7 Å². The van der Waals surface area contributed by atoms with Gasteiger partial charge in [0.15, 0.2) is 0 Å². The van der Waals surface area contributed by atoms with Crippen LogP contribution in [-0.4, -0.2) is 13.2 Å². The Balaban J connectivity index is 0.000000980. The summed E-state index contributed by atoms with van der Waals surface area (Å²) in [7, 11) is 0. The van der Waals surface area contributed by atoms with Crippen molar-refractivity contribution in [3.8, 4) is 5.75 Å². The number of fused-ring (bicyclic) bond motifs is 1. The number of halogens is 2. The maximum atomic E-state index is 5.70. The Hall–Kier alpha value is -0.250. The van der Waals surface area contributed by atoms with Crippen LogP contribution in [0.15, 0.2) is 22.7 Å². The molecule has 0 saturated carbocycles. The third-order valence-corrected chi connectivity index (χ3v) is 2.91. The van der Waals surface area contributed by atoms with Crippen molar-refractivity contribution in [1.29, 1.82) is 0 Å². The van der Waals surface area contributed by atoms with Crippen molar-refractivity contribution in [1.82, 2.24) is 0 Å². The van der Waals surface area contributed by atoms with E-state index in [0.717, 1.165) is 23.2 Å². The highest BCUT2D eigenvalue weighted by Gasteiger charge is 2.19. The smallest absolute Gasteiger partial charge is 0.122 e. The van der Waals surface area contributed by atoms with Gasteiger partial charge in [-0.25, -0.2) is 0 Å². The lowest BCUT2D eigenvalue weighted by atomic mass is 9.93. The fourth-order valence-corrected chi connectivity index (χ4v) is 2.06. The summed E-state index contributed by atoms with van der Waals surface area (Å²) in [6.45, 7) is 1.49. The second kappa shape index (κ2) is 5.01. The molecule has 14 heavy (non-hydrogen) atoms. The molecule has 0 amide bonds. The molecular formula is C10H13BrClNO. The van der Waals surface area contributed by atoms with Crippen LogP contribution >= 0.6 is 28.3 Å². The Morgan fingerprint density at radius 2 is 2.29 bits per heavy atom. The van der Waals surface area contributed by atoms with Crippen LogP contribution in [0.3, 0.4) is 0 Å². The minimum atomic E-state index is 0. The van der Waals surface area contributed by atoms with Gasteiger partial charge in [-0.3, -0.25) is 0 Å². The Bertz CT molecular complexity index is 319. The molecule has 1 aliphatic rings. The summed E-state index contributed by atoms with van der Waals surface area (Å²) in [5, 5.41) is 0. The lowest BCUT2D eigenvalue weighted by molar-refractivity contribution is 0.268. The maximum absolute atomic E-state index is 5.70. The molecule has 0 saturated heterocycles. The molecule has 0 fully saturated rings. The minimum Gasteiger partial charge on any atom is -0.493 e. The number of hydrogen-bond acceptors (Lipinski definition) is 2. The Morgan fingerprint density at radius 1 is 1.50 bits per heavy atom. The van der Waals surface area contributed by atoms with Crippen LogP contribution in [0.5, 0.6) is 5.75 Å². The van der Waals surface area contributed by atoms with Crippen LogP contribution in [0.25, 0.3) is 0 Å². The molecule has 2 N–H and O–H groups in total. The normalized spacial score (nSPS) is 19.1. The molecule has 4 heteroatoms. The zero-order valence-corrected chi connectivity index (χ0v) is 10.1. The summed E-state index contributed by atoms with van der Waals surface area (Å²) in [6, 6.07) is 6.10. The van der Waals surface area contributed by atoms with Gasteiger partial charge in [0.05, 0.1) is 6.61 Å². The average molecular weight is 279 g/mol. The van der Waals surface area contributed by atoms with Gasteiger partial charge in [0.25, 0.3) is 0 Å². The van der Waals surface area contributed by atoms with Crippen molar-refractivity contribution in [3.63, 3.8) is 0 Å². The average Bonchev–Trinajstić information content (AvgIpc) is 2.17. The second-order valence-electron chi connectivity index (χ2n) is 3.25. The molecule has 0 bridgehead atoms. The molecule has 2 nitrogen and oxygen atoms in total. The SMILES string of the molecule is Cl.NCC1CCOc2ccc(Br)cc21. The van der Waals surface area contributed by atoms with Crippen LogP contribution in [0.4, 0.5) is 0 Å². The number of benzene rings is 1. The first-order chi connectivity index (χ1) is 6.31. The van der Waals surface area contributed by atoms with E-state index in [0.29, 0.717) is 12.5 Å². The van der Waals surface area contributed by atoms with E-state index in [4.69, 9.17) is 10.5 Å². The lowest BCUT2D eigenvalue weighted by Gasteiger charge is -2.24. The van der Waals surface area contributed by atoms with Gasteiger partial charge in [-0.1, -0.05) is 15.9 Å². The molecule has 1 aromatic rings. The molecule has 0 spiro atoms. The van der Waals surface area contributed by atoms with Gasteiger partial charge >= 0.3 is 0 Å². The molecule has 1 aliphatic heterocycles. The Kier molecular flexibility index (Phi) is 4.23. The highest BCUT2D eigenvalue weighted by atomic mass is 79.9. The van der Waals surface area contributed by atoms with Crippen molar-refractivity contribution in [2.24, 2.45) is 5.73 Å². The Morgan fingerprint density at radius 3 is 3.00 bits per heavy atom. The third kappa shape index (κ3) is 2.22. The van der Waals surface area contributed by atoms with E-state index >= 15 is 0 Å². The largest absolute Gasteiger partial charge is 0.493 e. The van der Waals surface area contributed by atoms with Crippen LogP contribution in [0.1, 0.15) is 17.9 Å². The fraction of sp³-hybridized carbons (Fsp3) is 0.400. The molecule has 1 aromatic carbocycles. The summed E-state index contributed by atoms with van der Waals surface area (Å²) in [5.74, 6) is 1.45. The van der Waals surface area contributed by atoms with Crippen molar-refractivity contribution in [2.75, 3.05) is 13.2 Å². The summed E-state index contributed by atoms with van der Waals surface area (Å²) in [6.07, 6.45) is 1.03. The van der Waals surface area contributed by atoms with Gasteiger partial charge in [-0.2, -0.15) is 0 Å². The van der Waals surface area contributed by atoms with Gasteiger partial charge in [-0.15, -0.1) is 12.4 Å². The predicted octanol–water partition coefficient (Wildman–Crippen LogP) is 2.70. The first-order valence-corrected chi connectivity index (χ1v) is 5.23. The second-order valence-corrected chi connectivity index (χ2v) is 4.17. The summed E-state index contributed by atoms with van der Waals surface area (Å²) >= 11 is 3.45. The number of nitrogens with two attached hydrogens (primary N) is 1. The predicted molar refractivity (Wildman–Crippen MR) is 63.3 cm³/mol. The Labute approximate surface area is 98.4 Å². The molecule has 0 aromatic heterocycles. The minimum absolute atomic E-state index is 0. The summed E-state index contributed by atoms with van der Waals surface area (Å²) in [5.41, 5.74) is 6.94. The number of hydrogen-bond donors (Lipinski definition) is 1. The first-order valence-electron chi connectivity index (χ1n) is 4.43. The van der Waals surface area contributed by atoms with E-state index in [1.165, 1.54) is 5.56 Å². The van der Waals surface area contributed by atoms with E-state index in [2.05, 4.69) is 22.0 Å². The van der Waals surface area contributed by atoms with Crippen LogP contribution in [-0.2, 0) is 0 Å². The van der Waals surface area contributed by atoms with Gasteiger partial charge in [0.1, 0.15) is 5.75 Å². The van der Waals surface area contributed by atoms with Crippen molar-refractivity contribution < 1.29 is 4.74 Å². The third-order valence-electron chi connectivity index (χ3n) is 2.42. The van der Waals surface area contributed by atoms with Gasteiger partial charge < -0.3 is 10.5 Å². The zero-order valence-electron chi connectivity index (χ0n) is 7.70. The summed E-state index contributed by atoms with van der Waals surface area (Å²) < 4.78 is 6.63. The van der Waals surface area contributed by atoms with Crippen LogP contribution < -0.4 is 10.5 Å². The van der Waals surface area contributed by atoms with E-state index in [9.17, 15) is 0 Å². The molecule has 1 atom stereocenters. The fourth-order valence-electron chi connectivity index (χ4n) is 1.68. The maximum Gasteiger partial charge on any atom is 0.122 e. The quantitative estimate of drug-likeness (QED) is 0.857. The lowest BCUT2D eigenvalue weighted by Crippen LogP contribution is -2.20. The first kappa shape index (κ1) is 11.8. The molecule has 0 aliphatic carbocycles. The zero-order chi connectivity index (χ0) is 9.26. The van der Waals surface area contributed by atoms with Crippen molar-refractivity contribution >= 4 is 28.3 Å². The van der Waals surface area contributed by atoms with E-state index < -0.39 is 0 Å². The van der Waals surface area contributed by atoms with Gasteiger partial charge in [0.2, 0.25) is 0 Å². The topological polar surface area (TPSA) is 35.2 Å². The highest BCUT2D eigenvalue weighted by Crippen LogP contribution is 2.34. The molecule has 78 valence electrons. The molecular weight excluding hydrogens is 265 g/mol. The van der Waals surface area contributed by atoms with Crippen molar-refractivity contribution in [2.45, 2.75) is 12.3 Å². The van der Waals surface area contributed by atoms with E-state index in [-0.39, 0.29) is 12.4 Å². The number of ether oxygens (including phenoxy) is 1. The van der Waals surface area contributed by atoms with Crippen molar-refractivity contribution in [3.05, 3.63) is 28.2 Å². The van der Waals surface area contributed by atoms with E-state index in [1.54, 1.807) is 0 Å². The highest BCUT2D eigenvalue weighted by molar-refractivity contribution is 9.10. The van der Waals surface area contributed by atoms with E-state index in [1.807, 2.05) is 12.1 Å². The van der Waals surface area contributed by atoms with Gasteiger partial charge in [0, 0.05) is 10.4 Å². The molecule has 2 rings (SSSR count). The monoisotopic (exact) mass is 277 g/mol. The van der Waals surface area contributed by atoms with Crippen LogP contribution in [0.2, 0.25) is 0 Å². The van der Waals surface area contributed by atoms with Crippen LogP contribution in [0, 0.1) is 0 Å². The molecule has 0 radical (unpaired) electrons. The standard InChI is InChI=1S/C10H12BrNO.ClH/c11-8-1-2-10-9(5-8)7(6-12)3-4-13-10;/h1-2,5,7H,3-4,6,12H2;1H.